The molecule has 1 N–H and O–H groups in total. The van der Waals surface area contributed by atoms with Gasteiger partial charge in [-0.3, -0.25) is 8.98 Å². The lowest BCUT2D eigenvalue weighted by Crippen LogP contribution is -2.17. The second-order valence-electron chi connectivity index (χ2n) is 6.27. The highest BCUT2D eigenvalue weighted by Gasteiger charge is 2.29. The minimum atomic E-state index is -3.47. The lowest BCUT2D eigenvalue weighted by Gasteiger charge is -2.15. The van der Waals surface area contributed by atoms with E-state index in [1.807, 2.05) is 0 Å². The molecule has 8 nitrogen and oxygen atoms in total. The van der Waals surface area contributed by atoms with Crippen LogP contribution in [0.2, 0.25) is 0 Å². The first-order valence-electron chi connectivity index (χ1n) is 8.23. The van der Waals surface area contributed by atoms with E-state index in [4.69, 9.17) is 18.4 Å². The summed E-state index contributed by atoms with van der Waals surface area (Å²) in [5, 5.41) is 2.82. The quantitative estimate of drug-likeness (QED) is 0.682. The van der Waals surface area contributed by atoms with Gasteiger partial charge in [-0.05, 0) is 25.2 Å². The molecule has 9 heteroatoms. The van der Waals surface area contributed by atoms with Gasteiger partial charge in [-0.2, -0.15) is 8.42 Å². The monoisotopic (exact) mass is 387 g/mol. The highest BCUT2D eigenvalue weighted by Crippen LogP contribution is 2.40. The molecule has 1 fully saturated rings. The highest BCUT2D eigenvalue weighted by molar-refractivity contribution is 7.86. The molecule has 0 bridgehead atoms. The number of methoxy groups -OCH3 is 3. The van der Waals surface area contributed by atoms with Crippen LogP contribution in [0.15, 0.2) is 12.1 Å². The standard InChI is InChI=1S/C17H25NO7S/c1-22-14-9-12(10-15(23-2)17(14)24-3)18-16(19)8-11-5-6-13(7-11)25-26(4,20)21/h9-11,13H,5-8H2,1-4H3,(H,18,19). The normalized spacial score (nSPS) is 19.8. The predicted molar refractivity (Wildman–Crippen MR) is 96.4 cm³/mol. The van der Waals surface area contributed by atoms with E-state index in [9.17, 15) is 13.2 Å². The molecule has 1 aromatic carbocycles. The second-order valence-corrected chi connectivity index (χ2v) is 7.87. The van der Waals surface area contributed by atoms with Crippen molar-refractivity contribution in [1.82, 2.24) is 0 Å². The molecule has 1 amide bonds. The van der Waals surface area contributed by atoms with Gasteiger partial charge in [-0.25, -0.2) is 0 Å². The second kappa shape index (κ2) is 8.59. The molecule has 0 heterocycles. The Bertz CT molecular complexity index is 722. The summed E-state index contributed by atoms with van der Waals surface area (Å²) in [5.74, 6) is 1.27. The van der Waals surface area contributed by atoms with Gasteiger partial charge in [0.25, 0.3) is 10.1 Å². The summed E-state index contributed by atoms with van der Waals surface area (Å²) in [6.45, 7) is 0. The Labute approximate surface area is 153 Å². The SMILES string of the molecule is COc1cc(NC(=O)CC2CCC(OS(C)(=O)=O)C2)cc(OC)c1OC. The molecule has 2 rings (SSSR count). The summed E-state index contributed by atoms with van der Waals surface area (Å²) < 4.78 is 43.2. The summed E-state index contributed by atoms with van der Waals surface area (Å²) in [7, 11) is 1.04. The van der Waals surface area contributed by atoms with E-state index in [1.165, 1.54) is 21.3 Å². The van der Waals surface area contributed by atoms with Crippen molar-refractivity contribution in [3.05, 3.63) is 12.1 Å². The van der Waals surface area contributed by atoms with Crippen molar-refractivity contribution in [3.63, 3.8) is 0 Å². The fourth-order valence-electron chi connectivity index (χ4n) is 3.18. The van der Waals surface area contributed by atoms with E-state index < -0.39 is 10.1 Å². The largest absolute Gasteiger partial charge is 0.493 e. The van der Waals surface area contributed by atoms with Gasteiger partial charge in [0.05, 0.1) is 33.7 Å². The number of carbonyl (C=O) groups excluding carboxylic acids is 1. The Morgan fingerprint density at radius 3 is 2.23 bits per heavy atom. The fourth-order valence-corrected chi connectivity index (χ4v) is 3.85. The van der Waals surface area contributed by atoms with Gasteiger partial charge < -0.3 is 19.5 Å². The van der Waals surface area contributed by atoms with Crippen molar-refractivity contribution in [2.24, 2.45) is 5.92 Å². The number of benzene rings is 1. The van der Waals surface area contributed by atoms with Crippen molar-refractivity contribution in [3.8, 4) is 17.2 Å². The van der Waals surface area contributed by atoms with Gasteiger partial charge >= 0.3 is 0 Å². The van der Waals surface area contributed by atoms with Crippen LogP contribution in [0.3, 0.4) is 0 Å². The summed E-state index contributed by atoms with van der Waals surface area (Å²) in [5.41, 5.74) is 0.534. The maximum atomic E-state index is 12.3. The van der Waals surface area contributed by atoms with E-state index in [0.717, 1.165) is 12.7 Å². The third-order valence-corrected chi connectivity index (χ3v) is 4.85. The van der Waals surface area contributed by atoms with Crippen molar-refractivity contribution in [2.45, 2.75) is 31.8 Å². The zero-order valence-corrected chi connectivity index (χ0v) is 16.2. The third kappa shape index (κ3) is 5.50. The zero-order valence-electron chi connectivity index (χ0n) is 15.4. The number of hydrogen-bond donors (Lipinski definition) is 1. The number of nitrogens with one attached hydrogen (secondary N) is 1. The van der Waals surface area contributed by atoms with E-state index in [0.29, 0.717) is 42.2 Å². The molecule has 0 aliphatic heterocycles. The Morgan fingerprint density at radius 1 is 1.12 bits per heavy atom. The molecule has 1 aromatic rings. The molecule has 0 spiro atoms. The van der Waals surface area contributed by atoms with Crippen LogP contribution in [0.4, 0.5) is 5.69 Å². The van der Waals surface area contributed by atoms with Crippen LogP contribution in [0, 0.1) is 5.92 Å². The topological polar surface area (TPSA) is 100 Å². The number of hydrogen-bond acceptors (Lipinski definition) is 7. The van der Waals surface area contributed by atoms with Crippen molar-refractivity contribution in [1.29, 1.82) is 0 Å². The molecular formula is C17H25NO7S. The molecule has 1 aliphatic carbocycles. The molecule has 26 heavy (non-hydrogen) atoms. The average molecular weight is 387 g/mol. The van der Waals surface area contributed by atoms with E-state index in [-0.39, 0.29) is 17.9 Å². The first-order chi connectivity index (χ1) is 12.3. The van der Waals surface area contributed by atoms with Crippen LogP contribution in [-0.2, 0) is 19.1 Å². The van der Waals surface area contributed by atoms with Crippen LogP contribution in [-0.4, -0.2) is 48.0 Å². The van der Waals surface area contributed by atoms with Crippen LogP contribution >= 0.6 is 0 Å². The number of carbonyl (C=O) groups is 1. The highest BCUT2D eigenvalue weighted by atomic mass is 32.2. The van der Waals surface area contributed by atoms with Gasteiger partial charge in [0.2, 0.25) is 11.7 Å². The summed E-state index contributed by atoms with van der Waals surface area (Å²) in [6, 6.07) is 3.31. The Balaban J connectivity index is 1.98. The van der Waals surface area contributed by atoms with Crippen LogP contribution < -0.4 is 19.5 Å². The van der Waals surface area contributed by atoms with Crippen molar-refractivity contribution < 1.29 is 31.6 Å². The van der Waals surface area contributed by atoms with Crippen LogP contribution in [0.1, 0.15) is 25.7 Å². The summed E-state index contributed by atoms with van der Waals surface area (Å²) >= 11 is 0. The maximum absolute atomic E-state index is 12.3. The van der Waals surface area contributed by atoms with Gasteiger partial charge in [0.15, 0.2) is 11.5 Å². The summed E-state index contributed by atoms with van der Waals surface area (Å²) in [6.07, 6.45) is 2.93. The molecule has 2 unspecified atom stereocenters. The van der Waals surface area contributed by atoms with Crippen molar-refractivity contribution >= 4 is 21.7 Å². The van der Waals surface area contributed by atoms with Gasteiger partial charge in [-0.1, -0.05) is 0 Å². The predicted octanol–water partition coefficient (Wildman–Crippen LogP) is 2.19. The molecule has 0 saturated heterocycles. The lowest BCUT2D eigenvalue weighted by molar-refractivity contribution is -0.117. The molecular weight excluding hydrogens is 362 g/mol. The van der Waals surface area contributed by atoms with Gasteiger partial charge in [-0.15, -0.1) is 0 Å². The zero-order chi connectivity index (χ0) is 19.3. The van der Waals surface area contributed by atoms with E-state index in [2.05, 4.69) is 5.32 Å². The lowest BCUT2D eigenvalue weighted by atomic mass is 10.0. The van der Waals surface area contributed by atoms with E-state index in [1.54, 1.807) is 12.1 Å². The van der Waals surface area contributed by atoms with Crippen LogP contribution in [0.25, 0.3) is 0 Å². The molecule has 2 atom stereocenters. The smallest absolute Gasteiger partial charge is 0.264 e. The van der Waals surface area contributed by atoms with E-state index >= 15 is 0 Å². The van der Waals surface area contributed by atoms with Crippen LogP contribution in [0.5, 0.6) is 17.2 Å². The molecule has 146 valence electrons. The fraction of sp³-hybridized carbons (Fsp3) is 0.588. The van der Waals surface area contributed by atoms with Crippen molar-refractivity contribution in [2.75, 3.05) is 32.9 Å². The molecule has 0 aromatic heterocycles. The Hall–Kier alpha value is -2.00. The number of amides is 1. The maximum Gasteiger partial charge on any atom is 0.264 e. The third-order valence-electron chi connectivity index (χ3n) is 4.23. The van der Waals surface area contributed by atoms with Gasteiger partial charge in [0.1, 0.15) is 0 Å². The summed E-state index contributed by atoms with van der Waals surface area (Å²) in [4.78, 5) is 12.3. The molecule has 1 aliphatic rings. The number of anilines is 1. The molecule has 1 saturated carbocycles. The number of rotatable bonds is 8. The first kappa shape index (κ1) is 20.3. The minimum absolute atomic E-state index is 0.0868. The van der Waals surface area contributed by atoms with Gasteiger partial charge in [0, 0.05) is 24.2 Å². The minimum Gasteiger partial charge on any atom is -0.493 e. The molecule has 0 radical (unpaired) electrons. The Kier molecular flexibility index (Phi) is 6.71. The average Bonchev–Trinajstić information content (AvgIpc) is 2.98. The Morgan fingerprint density at radius 2 is 1.73 bits per heavy atom. The first-order valence-corrected chi connectivity index (χ1v) is 10.1. The number of ether oxygens (including phenoxy) is 3.